The number of carbonyl (C=O) groups is 2. The molecule has 4 rings (SSSR count). The molecule has 5 atom stereocenters. The highest BCUT2D eigenvalue weighted by molar-refractivity contribution is 5.83. The van der Waals surface area contributed by atoms with E-state index in [-0.39, 0.29) is 36.2 Å². The summed E-state index contributed by atoms with van der Waals surface area (Å²) in [5.74, 6) is -1.98. The third-order valence-corrected chi connectivity index (χ3v) is 6.00. The molecule has 0 radical (unpaired) electrons. The van der Waals surface area contributed by atoms with Crippen molar-refractivity contribution in [3.8, 4) is 0 Å². The van der Waals surface area contributed by atoms with E-state index in [2.05, 4.69) is 9.97 Å². The van der Waals surface area contributed by atoms with Crippen molar-refractivity contribution in [3.05, 3.63) is 22.6 Å². The molecular formula is C22H30N4O7. The molecule has 2 aliphatic heterocycles. The van der Waals surface area contributed by atoms with Gasteiger partial charge in [-0.3, -0.25) is 14.6 Å². The Labute approximate surface area is 190 Å². The Morgan fingerprint density at radius 1 is 1.30 bits per heavy atom. The molecule has 180 valence electrons. The van der Waals surface area contributed by atoms with Crippen molar-refractivity contribution in [3.63, 3.8) is 0 Å². The predicted molar refractivity (Wildman–Crippen MR) is 117 cm³/mol. The highest BCUT2D eigenvalue weighted by atomic mass is 16.8. The number of aromatic nitrogens is 3. The van der Waals surface area contributed by atoms with Crippen LogP contribution in [0.5, 0.6) is 0 Å². The molecule has 1 unspecified atom stereocenters. The zero-order valence-corrected chi connectivity index (χ0v) is 19.4. The molecule has 0 aliphatic carbocycles. The molecule has 2 aromatic rings. The topological polar surface area (TPSA) is 148 Å². The number of hydrogen-bond acceptors (Lipinski definition) is 9. The van der Waals surface area contributed by atoms with E-state index in [1.807, 2.05) is 13.8 Å². The lowest BCUT2D eigenvalue weighted by Crippen LogP contribution is -2.35. The SMILES string of the molecule is CC(=O)C[C@H](C(=O)OC[C@H]1O[C@@H](n2ccc3c(=O)[nH]c(N)nc32)C2OC(C)(C)O[C@@H]21)C(C)C. The first-order valence-electron chi connectivity index (χ1n) is 11.0. The second kappa shape index (κ2) is 8.54. The predicted octanol–water partition coefficient (Wildman–Crippen LogP) is 1.52. The number of carbonyl (C=O) groups excluding carboxylic acids is 2. The van der Waals surface area contributed by atoms with Crippen molar-refractivity contribution >= 4 is 28.7 Å². The van der Waals surface area contributed by atoms with Gasteiger partial charge >= 0.3 is 5.97 Å². The summed E-state index contributed by atoms with van der Waals surface area (Å²) in [6.07, 6.45) is -0.531. The molecule has 0 amide bonds. The van der Waals surface area contributed by atoms with E-state index in [1.54, 1.807) is 30.7 Å². The number of nitrogens with one attached hydrogen (secondary N) is 1. The van der Waals surface area contributed by atoms with Crippen molar-refractivity contribution in [1.82, 2.24) is 14.5 Å². The molecule has 33 heavy (non-hydrogen) atoms. The van der Waals surface area contributed by atoms with Crippen LogP contribution in [-0.4, -0.2) is 57.0 Å². The van der Waals surface area contributed by atoms with Crippen LogP contribution in [0.2, 0.25) is 0 Å². The Hall–Kier alpha value is -2.76. The number of Topliss-reactive ketones (excluding diaryl/α,β-unsaturated/α-hetero) is 1. The number of nitrogens with two attached hydrogens (primary N) is 1. The van der Waals surface area contributed by atoms with Gasteiger partial charge in [0.2, 0.25) is 5.95 Å². The molecule has 4 heterocycles. The normalized spacial score (nSPS) is 27.1. The van der Waals surface area contributed by atoms with Gasteiger partial charge in [-0.05, 0) is 32.8 Å². The molecule has 0 spiro atoms. The minimum Gasteiger partial charge on any atom is -0.463 e. The maximum atomic E-state index is 12.7. The molecule has 2 saturated heterocycles. The highest BCUT2D eigenvalue weighted by Gasteiger charge is 2.56. The van der Waals surface area contributed by atoms with Crippen LogP contribution in [0.1, 0.15) is 47.3 Å². The van der Waals surface area contributed by atoms with Crippen LogP contribution in [-0.2, 0) is 28.5 Å². The van der Waals surface area contributed by atoms with Crippen LogP contribution in [0.15, 0.2) is 17.1 Å². The Bertz CT molecular complexity index is 1120. The molecule has 11 nitrogen and oxygen atoms in total. The summed E-state index contributed by atoms with van der Waals surface area (Å²) in [6, 6.07) is 1.63. The van der Waals surface area contributed by atoms with Gasteiger partial charge in [0.1, 0.15) is 30.7 Å². The molecule has 0 bridgehead atoms. The number of nitrogen functional groups attached to an aromatic ring is 1. The first-order valence-corrected chi connectivity index (χ1v) is 11.0. The van der Waals surface area contributed by atoms with Crippen molar-refractivity contribution < 1.29 is 28.5 Å². The highest BCUT2D eigenvalue weighted by Crippen LogP contribution is 2.44. The molecule has 2 fully saturated rings. The van der Waals surface area contributed by atoms with Gasteiger partial charge in [0.25, 0.3) is 5.56 Å². The van der Waals surface area contributed by atoms with E-state index in [1.165, 1.54) is 6.92 Å². The van der Waals surface area contributed by atoms with Crippen molar-refractivity contribution in [2.75, 3.05) is 12.3 Å². The molecular weight excluding hydrogens is 432 g/mol. The van der Waals surface area contributed by atoms with Crippen LogP contribution in [0, 0.1) is 11.8 Å². The molecule has 0 saturated carbocycles. The first kappa shape index (κ1) is 23.4. The molecule has 2 aromatic heterocycles. The summed E-state index contributed by atoms with van der Waals surface area (Å²) in [5, 5.41) is 0.362. The number of nitrogens with zero attached hydrogens (tertiary/aromatic N) is 2. The van der Waals surface area contributed by atoms with Crippen LogP contribution < -0.4 is 11.3 Å². The first-order chi connectivity index (χ1) is 15.5. The monoisotopic (exact) mass is 462 g/mol. The number of ketones is 1. The maximum Gasteiger partial charge on any atom is 0.309 e. The third kappa shape index (κ3) is 4.53. The van der Waals surface area contributed by atoms with Crippen LogP contribution in [0.4, 0.5) is 5.95 Å². The van der Waals surface area contributed by atoms with Gasteiger partial charge in [0, 0.05) is 12.6 Å². The Morgan fingerprint density at radius 3 is 2.67 bits per heavy atom. The van der Waals surface area contributed by atoms with E-state index in [0.717, 1.165) is 0 Å². The lowest BCUT2D eigenvalue weighted by Gasteiger charge is -2.25. The van der Waals surface area contributed by atoms with Crippen molar-refractivity contribution in [1.29, 1.82) is 0 Å². The van der Waals surface area contributed by atoms with Crippen LogP contribution in [0.3, 0.4) is 0 Å². The average molecular weight is 463 g/mol. The number of esters is 1. The lowest BCUT2D eigenvalue weighted by atomic mass is 9.91. The summed E-state index contributed by atoms with van der Waals surface area (Å²) in [4.78, 5) is 43.2. The number of ether oxygens (including phenoxy) is 4. The molecule has 11 heteroatoms. The quantitative estimate of drug-likeness (QED) is 0.584. The summed E-state index contributed by atoms with van der Waals surface area (Å²) in [7, 11) is 0. The Balaban J connectivity index is 1.57. The van der Waals surface area contributed by atoms with Gasteiger partial charge in [-0.2, -0.15) is 4.98 Å². The number of fused-ring (bicyclic) bond motifs is 2. The Morgan fingerprint density at radius 2 is 2.00 bits per heavy atom. The lowest BCUT2D eigenvalue weighted by molar-refractivity contribution is -0.202. The standard InChI is InChI=1S/C22H30N4O7/c1-10(2)13(8-11(3)27)20(29)30-9-14-15-16(33-22(4,5)32-15)19(31-14)26-7-6-12-17(26)24-21(23)25-18(12)28/h6-7,10,13-16,19H,8-9H2,1-5H3,(H3,23,24,25,28)/t13-,14+,15+,16?,19+/m0/s1. The number of aromatic amines is 1. The second-order valence-electron chi connectivity index (χ2n) is 9.43. The van der Waals surface area contributed by atoms with E-state index in [0.29, 0.717) is 11.0 Å². The summed E-state index contributed by atoms with van der Waals surface area (Å²) in [6.45, 7) is 8.73. The maximum absolute atomic E-state index is 12.7. The fraction of sp³-hybridized carbons (Fsp3) is 0.636. The van der Waals surface area contributed by atoms with E-state index >= 15 is 0 Å². The van der Waals surface area contributed by atoms with Gasteiger partial charge in [0.05, 0.1) is 11.3 Å². The summed E-state index contributed by atoms with van der Waals surface area (Å²) in [5.41, 5.74) is 5.74. The number of rotatable bonds is 7. The summed E-state index contributed by atoms with van der Waals surface area (Å²) < 4.78 is 25.6. The Kier molecular flexibility index (Phi) is 6.06. The number of anilines is 1. The summed E-state index contributed by atoms with van der Waals surface area (Å²) >= 11 is 0. The number of H-pyrrole nitrogens is 1. The van der Waals surface area contributed by atoms with Gasteiger partial charge in [-0.25, -0.2) is 0 Å². The van der Waals surface area contributed by atoms with Gasteiger partial charge in [0.15, 0.2) is 17.7 Å². The largest absolute Gasteiger partial charge is 0.463 e. The zero-order valence-electron chi connectivity index (χ0n) is 19.4. The van der Waals surface area contributed by atoms with Crippen molar-refractivity contribution in [2.45, 2.75) is 71.4 Å². The van der Waals surface area contributed by atoms with Crippen molar-refractivity contribution in [2.24, 2.45) is 11.8 Å². The fourth-order valence-corrected chi connectivity index (χ4v) is 4.45. The second-order valence-corrected chi connectivity index (χ2v) is 9.43. The van der Waals surface area contributed by atoms with E-state index in [9.17, 15) is 14.4 Å². The minimum atomic E-state index is -0.873. The molecule has 2 aliphatic rings. The van der Waals surface area contributed by atoms with E-state index < -0.39 is 42.2 Å². The fourth-order valence-electron chi connectivity index (χ4n) is 4.45. The molecule has 3 N–H and O–H groups in total. The number of hydrogen-bond donors (Lipinski definition) is 2. The third-order valence-electron chi connectivity index (χ3n) is 6.00. The van der Waals surface area contributed by atoms with Crippen LogP contribution in [0.25, 0.3) is 11.0 Å². The average Bonchev–Trinajstić information content (AvgIpc) is 3.34. The minimum absolute atomic E-state index is 0.0124. The zero-order chi connectivity index (χ0) is 24.1. The smallest absolute Gasteiger partial charge is 0.309 e. The van der Waals surface area contributed by atoms with Gasteiger partial charge < -0.3 is 34.0 Å². The molecule has 0 aromatic carbocycles. The van der Waals surface area contributed by atoms with E-state index in [4.69, 9.17) is 24.7 Å². The van der Waals surface area contributed by atoms with Gasteiger partial charge in [-0.1, -0.05) is 13.8 Å². The van der Waals surface area contributed by atoms with Crippen LogP contribution >= 0.6 is 0 Å². The van der Waals surface area contributed by atoms with Gasteiger partial charge in [-0.15, -0.1) is 0 Å².